The van der Waals surface area contributed by atoms with Crippen molar-refractivity contribution < 1.29 is 17.6 Å². The molecular formula is C10H2F4N4. The summed E-state index contributed by atoms with van der Waals surface area (Å²) in [6, 6.07) is 3.80. The zero-order valence-corrected chi connectivity index (χ0v) is 8.51. The van der Waals surface area contributed by atoms with Crippen LogP contribution in [-0.2, 0) is 12.6 Å². The minimum Gasteiger partial charge on any atom is -0.231 e. The molecule has 90 valence electrons. The Morgan fingerprint density at radius 1 is 1.11 bits per heavy atom. The Hall–Kier alpha value is -2.66. The second-order valence-corrected chi connectivity index (χ2v) is 3.03. The molecule has 0 atom stereocenters. The van der Waals surface area contributed by atoms with E-state index in [4.69, 9.17) is 15.8 Å². The van der Waals surface area contributed by atoms with Gasteiger partial charge in [-0.15, -0.1) is 0 Å². The van der Waals surface area contributed by atoms with Crippen molar-refractivity contribution in [3.8, 4) is 18.2 Å². The molecule has 0 radical (unpaired) electrons. The maximum Gasteiger partial charge on any atom is 0.434 e. The number of hydrogen-bond acceptors (Lipinski definition) is 4. The Bertz CT molecular complexity index is 613. The van der Waals surface area contributed by atoms with Crippen LogP contribution in [0.1, 0.15) is 22.5 Å². The highest BCUT2D eigenvalue weighted by molar-refractivity contribution is 5.46. The van der Waals surface area contributed by atoms with E-state index in [1.54, 1.807) is 0 Å². The molecular weight excluding hydrogens is 252 g/mol. The van der Waals surface area contributed by atoms with Gasteiger partial charge in [-0.2, -0.15) is 29.0 Å². The lowest BCUT2D eigenvalue weighted by atomic mass is 10.0. The van der Waals surface area contributed by atoms with Gasteiger partial charge in [0, 0.05) is 5.56 Å². The molecule has 0 spiro atoms. The van der Waals surface area contributed by atoms with Gasteiger partial charge in [0.1, 0.15) is 29.2 Å². The van der Waals surface area contributed by atoms with Crippen LogP contribution in [0.25, 0.3) is 0 Å². The van der Waals surface area contributed by atoms with E-state index in [1.807, 2.05) is 0 Å². The molecule has 0 aliphatic carbocycles. The summed E-state index contributed by atoms with van der Waals surface area (Å²) < 4.78 is 51.1. The number of hydrogen-bond donors (Lipinski definition) is 0. The second-order valence-electron chi connectivity index (χ2n) is 3.03. The average Bonchev–Trinajstić information content (AvgIpc) is 2.30. The van der Waals surface area contributed by atoms with E-state index in [0.717, 1.165) is 6.07 Å². The molecule has 0 aliphatic rings. The molecule has 1 heterocycles. The number of alkyl halides is 3. The molecule has 0 aromatic carbocycles. The number of nitrogens with zero attached hydrogens (tertiary/aromatic N) is 4. The first-order valence-corrected chi connectivity index (χ1v) is 4.33. The Balaban J connectivity index is 3.73. The molecule has 1 aromatic rings. The molecule has 18 heavy (non-hydrogen) atoms. The van der Waals surface area contributed by atoms with E-state index in [9.17, 15) is 17.6 Å². The van der Waals surface area contributed by atoms with Crippen LogP contribution < -0.4 is 0 Å². The fraction of sp³-hybridized carbons (Fsp3) is 0.200. The van der Waals surface area contributed by atoms with Crippen molar-refractivity contribution in [1.82, 2.24) is 4.98 Å². The van der Waals surface area contributed by atoms with Gasteiger partial charge in [-0.25, -0.2) is 9.37 Å². The average molecular weight is 254 g/mol. The van der Waals surface area contributed by atoms with Crippen LogP contribution >= 0.6 is 0 Å². The van der Waals surface area contributed by atoms with E-state index in [1.165, 1.54) is 12.1 Å². The summed E-state index contributed by atoms with van der Waals surface area (Å²) in [7, 11) is 0. The largest absolute Gasteiger partial charge is 0.434 e. The van der Waals surface area contributed by atoms with E-state index in [2.05, 4.69) is 4.98 Å². The maximum absolute atomic E-state index is 13.6. The van der Waals surface area contributed by atoms with Gasteiger partial charge in [0.2, 0.25) is 0 Å². The fourth-order valence-electron chi connectivity index (χ4n) is 1.23. The third-order valence-corrected chi connectivity index (χ3v) is 1.97. The summed E-state index contributed by atoms with van der Waals surface area (Å²) in [5.74, 6) is -1.53. The Morgan fingerprint density at radius 2 is 1.72 bits per heavy atom. The lowest BCUT2D eigenvalue weighted by Crippen LogP contribution is -2.16. The molecule has 0 N–H and O–H groups in total. The molecule has 0 amide bonds. The third kappa shape index (κ3) is 2.21. The molecule has 4 nitrogen and oxygen atoms in total. The smallest absolute Gasteiger partial charge is 0.231 e. The van der Waals surface area contributed by atoms with Crippen molar-refractivity contribution in [2.75, 3.05) is 0 Å². The van der Waals surface area contributed by atoms with E-state index in [0.29, 0.717) is 0 Å². The molecule has 1 aromatic heterocycles. The van der Waals surface area contributed by atoms with Crippen molar-refractivity contribution in [2.24, 2.45) is 0 Å². The van der Waals surface area contributed by atoms with Gasteiger partial charge in [0.25, 0.3) is 0 Å². The van der Waals surface area contributed by atoms with Crippen LogP contribution in [0.2, 0.25) is 0 Å². The summed E-state index contributed by atoms with van der Waals surface area (Å²) in [6.45, 7) is 0. The van der Waals surface area contributed by atoms with Crippen molar-refractivity contribution in [3.05, 3.63) is 28.3 Å². The minimum absolute atomic E-state index is 0.607. The zero-order valence-electron chi connectivity index (χ0n) is 8.51. The van der Waals surface area contributed by atoms with Crippen LogP contribution in [0, 0.1) is 39.8 Å². The first-order chi connectivity index (χ1) is 8.36. The van der Waals surface area contributed by atoms with Crippen LogP contribution in [0.3, 0.4) is 0 Å². The number of rotatable bonds is 1. The number of halogens is 4. The van der Waals surface area contributed by atoms with Crippen molar-refractivity contribution >= 4 is 0 Å². The predicted octanol–water partition coefficient (Wildman–Crippen LogP) is 2.05. The first kappa shape index (κ1) is 13.4. The standard InChI is InChI=1S/C10H2F4N4/c11-8-5(1-2-15)7(4-17)18-9(6(8)3-16)10(12,13)14/h1H2. The second kappa shape index (κ2) is 4.68. The maximum atomic E-state index is 13.6. The Kier molecular flexibility index (Phi) is 3.49. The Morgan fingerprint density at radius 3 is 2.11 bits per heavy atom. The normalized spacial score (nSPS) is 10.3. The van der Waals surface area contributed by atoms with Gasteiger partial charge >= 0.3 is 6.18 Å². The quantitative estimate of drug-likeness (QED) is 0.718. The van der Waals surface area contributed by atoms with Gasteiger partial charge in [-0.1, -0.05) is 0 Å². The molecule has 0 aliphatic heterocycles. The van der Waals surface area contributed by atoms with Crippen molar-refractivity contribution in [2.45, 2.75) is 12.6 Å². The summed E-state index contributed by atoms with van der Waals surface area (Å²) in [5, 5.41) is 25.5. The molecule has 8 heteroatoms. The molecule has 1 rings (SSSR count). The minimum atomic E-state index is -5.05. The van der Waals surface area contributed by atoms with Gasteiger partial charge < -0.3 is 0 Å². The third-order valence-electron chi connectivity index (χ3n) is 1.97. The lowest BCUT2D eigenvalue weighted by Gasteiger charge is -2.11. The van der Waals surface area contributed by atoms with Crippen molar-refractivity contribution in [3.63, 3.8) is 0 Å². The first-order valence-electron chi connectivity index (χ1n) is 4.33. The fourth-order valence-corrected chi connectivity index (χ4v) is 1.23. The SMILES string of the molecule is N#CCc1c(C#N)nc(C(F)(F)F)c(C#N)c1F. The molecule has 0 unspecified atom stereocenters. The lowest BCUT2D eigenvalue weighted by molar-refractivity contribution is -0.141. The van der Waals surface area contributed by atoms with E-state index in [-0.39, 0.29) is 0 Å². The summed E-state index contributed by atoms with van der Waals surface area (Å²) in [5.41, 5.74) is -4.53. The van der Waals surface area contributed by atoms with Gasteiger partial charge in [-0.3, -0.25) is 0 Å². The van der Waals surface area contributed by atoms with Crippen LogP contribution in [0.5, 0.6) is 0 Å². The van der Waals surface area contributed by atoms with Crippen LogP contribution in [0.4, 0.5) is 17.6 Å². The van der Waals surface area contributed by atoms with Crippen LogP contribution in [0.15, 0.2) is 0 Å². The van der Waals surface area contributed by atoms with Crippen LogP contribution in [-0.4, -0.2) is 4.98 Å². The monoisotopic (exact) mass is 254 g/mol. The van der Waals surface area contributed by atoms with Crippen molar-refractivity contribution in [1.29, 1.82) is 15.8 Å². The molecule has 0 bridgehead atoms. The highest BCUT2D eigenvalue weighted by Gasteiger charge is 2.38. The van der Waals surface area contributed by atoms with E-state index >= 15 is 0 Å². The molecule has 0 saturated heterocycles. The highest BCUT2D eigenvalue weighted by atomic mass is 19.4. The number of aromatic nitrogens is 1. The van der Waals surface area contributed by atoms with E-state index < -0.39 is 40.9 Å². The number of nitriles is 3. The Labute approximate surface area is 98.3 Å². The summed E-state index contributed by atoms with van der Waals surface area (Å²) in [4.78, 5) is 2.91. The molecule has 0 saturated carbocycles. The number of pyridine rings is 1. The predicted molar refractivity (Wildman–Crippen MR) is 47.9 cm³/mol. The zero-order chi connectivity index (χ0) is 13.9. The van der Waals surface area contributed by atoms with Gasteiger partial charge in [-0.05, 0) is 0 Å². The topological polar surface area (TPSA) is 84.3 Å². The highest BCUT2D eigenvalue weighted by Crippen LogP contribution is 2.33. The van der Waals surface area contributed by atoms with Gasteiger partial charge in [0.15, 0.2) is 5.69 Å². The van der Waals surface area contributed by atoms with Gasteiger partial charge in [0.05, 0.1) is 12.5 Å². The summed E-state index contributed by atoms with van der Waals surface area (Å²) >= 11 is 0. The summed E-state index contributed by atoms with van der Waals surface area (Å²) in [6.07, 6.45) is -5.70. The molecule has 0 fully saturated rings.